The summed E-state index contributed by atoms with van der Waals surface area (Å²) < 4.78 is 5.18. The average molecular weight is 465 g/mol. The number of nitrogens with zero attached hydrogens (tertiary/aromatic N) is 2. The fourth-order valence-corrected chi connectivity index (χ4v) is 5.55. The van der Waals surface area contributed by atoms with Crippen LogP contribution >= 0.6 is 0 Å². The number of methoxy groups -OCH3 is 1. The number of rotatable bonds is 6. The van der Waals surface area contributed by atoms with Gasteiger partial charge in [-0.25, -0.2) is 0 Å². The predicted octanol–water partition coefficient (Wildman–Crippen LogP) is 2.43. The van der Waals surface area contributed by atoms with E-state index >= 15 is 0 Å². The van der Waals surface area contributed by atoms with Gasteiger partial charge in [-0.15, -0.1) is 0 Å². The van der Waals surface area contributed by atoms with E-state index in [-0.39, 0.29) is 36.2 Å². The maximum absolute atomic E-state index is 13.1. The van der Waals surface area contributed by atoms with E-state index in [1.807, 2.05) is 18.2 Å². The molecule has 0 aromatic heterocycles. The number of nitrogens with one attached hydrogen (secondary N) is 2. The third-order valence-electron chi connectivity index (χ3n) is 6.88. The first-order chi connectivity index (χ1) is 16.3. The first-order valence-electron chi connectivity index (χ1n) is 11.6. The molecule has 8 heteroatoms. The molecule has 3 amide bonds. The smallest absolute Gasteiger partial charge is 0.238 e. The van der Waals surface area contributed by atoms with Gasteiger partial charge in [0.25, 0.3) is 0 Å². The van der Waals surface area contributed by atoms with Gasteiger partial charge < -0.3 is 20.3 Å². The minimum absolute atomic E-state index is 0.00450. The zero-order valence-electron chi connectivity index (χ0n) is 19.9. The molecule has 2 saturated heterocycles. The average Bonchev–Trinajstić information content (AvgIpc) is 3.11. The first kappa shape index (κ1) is 23.8. The second-order valence-electron chi connectivity index (χ2n) is 9.21. The molecular formula is C26H32N4O4. The van der Waals surface area contributed by atoms with E-state index < -0.39 is 5.54 Å². The fourth-order valence-electron chi connectivity index (χ4n) is 5.55. The summed E-state index contributed by atoms with van der Waals surface area (Å²) in [6.07, 6.45) is 0.746. The Morgan fingerprint density at radius 3 is 2.35 bits per heavy atom. The van der Waals surface area contributed by atoms with Crippen LogP contribution in [0.5, 0.6) is 5.75 Å². The van der Waals surface area contributed by atoms with Crippen molar-refractivity contribution in [1.29, 1.82) is 0 Å². The summed E-state index contributed by atoms with van der Waals surface area (Å²) >= 11 is 0. The highest BCUT2D eigenvalue weighted by atomic mass is 16.5. The van der Waals surface area contributed by atoms with E-state index in [2.05, 4.69) is 27.7 Å². The summed E-state index contributed by atoms with van der Waals surface area (Å²) in [6, 6.07) is 17.3. The van der Waals surface area contributed by atoms with Crippen molar-refractivity contribution < 1.29 is 19.1 Å². The number of benzene rings is 2. The van der Waals surface area contributed by atoms with Crippen LogP contribution in [0.2, 0.25) is 0 Å². The van der Waals surface area contributed by atoms with E-state index in [0.29, 0.717) is 25.3 Å². The van der Waals surface area contributed by atoms with Gasteiger partial charge in [-0.05, 0) is 36.2 Å². The van der Waals surface area contributed by atoms with Crippen LogP contribution in [0.1, 0.15) is 31.9 Å². The van der Waals surface area contributed by atoms with Gasteiger partial charge in [0, 0.05) is 51.1 Å². The summed E-state index contributed by atoms with van der Waals surface area (Å²) in [5, 5.41) is 6.15. The Bertz CT molecular complexity index is 1040. The number of carbonyl (C=O) groups excluding carboxylic acids is 3. The molecule has 2 heterocycles. The van der Waals surface area contributed by atoms with Crippen molar-refractivity contribution in [1.82, 2.24) is 15.1 Å². The molecule has 3 atom stereocenters. The molecule has 0 saturated carbocycles. The molecule has 0 spiro atoms. The van der Waals surface area contributed by atoms with Crippen molar-refractivity contribution in [2.24, 2.45) is 5.92 Å². The van der Waals surface area contributed by atoms with Crippen molar-refractivity contribution in [2.45, 2.75) is 31.8 Å². The van der Waals surface area contributed by atoms with Crippen LogP contribution in [0.3, 0.4) is 0 Å². The minimum Gasteiger partial charge on any atom is -0.497 e. The van der Waals surface area contributed by atoms with Crippen LogP contribution in [0.25, 0.3) is 0 Å². The summed E-state index contributed by atoms with van der Waals surface area (Å²) in [7, 11) is 1.60. The number of piperidine rings is 1. The molecule has 2 fully saturated rings. The lowest BCUT2D eigenvalue weighted by atomic mass is 9.75. The van der Waals surface area contributed by atoms with E-state index in [1.165, 1.54) is 6.92 Å². The van der Waals surface area contributed by atoms with Crippen molar-refractivity contribution in [3.05, 3.63) is 60.2 Å². The minimum atomic E-state index is -0.614. The molecule has 2 aliphatic heterocycles. The van der Waals surface area contributed by atoms with Crippen LogP contribution in [0, 0.1) is 5.92 Å². The SMILES string of the molecule is COc1ccc(NC(=O)CN2C[C@]3(NC(C)=O)CN(C(C)=O)CC[C@@H]3[C@H]2c2ccccc2)cc1. The van der Waals surface area contributed by atoms with Gasteiger partial charge in [-0.2, -0.15) is 0 Å². The lowest BCUT2D eigenvalue weighted by molar-refractivity contribution is -0.134. The quantitative estimate of drug-likeness (QED) is 0.685. The molecule has 0 bridgehead atoms. The van der Waals surface area contributed by atoms with Crippen LogP contribution in [0.4, 0.5) is 5.69 Å². The van der Waals surface area contributed by atoms with Crippen molar-refractivity contribution >= 4 is 23.4 Å². The number of hydrogen-bond donors (Lipinski definition) is 2. The van der Waals surface area contributed by atoms with Gasteiger partial charge >= 0.3 is 0 Å². The summed E-state index contributed by atoms with van der Waals surface area (Å²) in [4.78, 5) is 41.5. The zero-order chi connectivity index (χ0) is 24.3. The number of ether oxygens (including phenoxy) is 1. The largest absolute Gasteiger partial charge is 0.497 e. The Kier molecular flexibility index (Phi) is 6.88. The molecule has 2 aliphatic rings. The molecule has 34 heavy (non-hydrogen) atoms. The molecule has 4 rings (SSSR count). The number of amides is 3. The number of hydrogen-bond acceptors (Lipinski definition) is 5. The topological polar surface area (TPSA) is 91.0 Å². The molecule has 2 aromatic rings. The normalized spacial score (nSPS) is 24.3. The Hall–Kier alpha value is -3.39. The zero-order valence-corrected chi connectivity index (χ0v) is 19.9. The predicted molar refractivity (Wildman–Crippen MR) is 129 cm³/mol. The van der Waals surface area contributed by atoms with Crippen molar-refractivity contribution in [3.63, 3.8) is 0 Å². The Labute approximate surface area is 200 Å². The molecule has 0 unspecified atom stereocenters. The first-order valence-corrected chi connectivity index (χ1v) is 11.6. The summed E-state index contributed by atoms with van der Waals surface area (Å²) in [6.45, 7) is 4.80. The molecule has 0 aliphatic carbocycles. The second-order valence-corrected chi connectivity index (χ2v) is 9.21. The van der Waals surface area contributed by atoms with E-state index in [4.69, 9.17) is 4.74 Å². The van der Waals surface area contributed by atoms with E-state index in [0.717, 1.165) is 17.7 Å². The van der Waals surface area contributed by atoms with Gasteiger partial charge in [0.15, 0.2) is 0 Å². The Balaban J connectivity index is 1.62. The van der Waals surface area contributed by atoms with Crippen LogP contribution in [-0.2, 0) is 14.4 Å². The molecule has 2 aromatic carbocycles. The Morgan fingerprint density at radius 1 is 1.03 bits per heavy atom. The van der Waals surface area contributed by atoms with Gasteiger partial charge in [-0.1, -0.05) is 30.3 Å². The van der Waals surface area contributed by atoms with Crippen molar-refractivity contribution in [3.8, 4) is 5.75 Å². The summed E-state index contributed by atoms with van der Waals surface area (Å²) in [5.74, 6) is 0.522. The molecule has 2 N–H and O–H groups in total. The van der Waals surface area contributed by atoms with Crippen molar-refractivity contribution in [2.75, 3.05) is 38.6 Å². The van der Waals surface area contributed by atoms with Gasteiger partial charge in [0.05, 0.1) is 19.2 Å². The van der Waals surface area contributed by atoms with Crippen LogP contribution in [0.15, 0.2) is 54.6 Å². The highest BCUT2D eigenvalue weighted by Crippen LogP contribution is 2.47. The van der Waals surface area contributed by atoms with Crippen LogP contribution < -0.4 is 15.4 Å². The number of likely N-dealkylation sites (tertiary alicyclic amines) is 2. The van der Waals surface area contributed by atoms with Gasteiger partial charge in [-0.3, -0.25) is 19.3 Å². The summed E-state index contributed by atoms with van der Waals surface area (Å²) in [5.41, 5.74) is 1.18. The maximum atomic E-state index is 13.1. The van der Waals surface area contributed by atoms with E-state index in [1.54, 1.807) is 43.2 Å². The maximum Gasteiger partial charge on any atom is 0.238 e. The highest BCUT2D eigenvalue weighted by Gasteiger charge is 2.56. The molecule has 8 nitrogen and oxygen atoms in total. The van der Waals surface area contributed by atoms with Gasteiger partial charge in [0.2, 0.25) is 17.7 Å². The second kappa shape index (κ2) is 9.85. The third kappa shape index (κ3) is 4.92. The fraction of sp³-hybridized carbons (Fsp3) is 0.423. The van der Waals surface area contributed by atoms with Gasteiger partial charge in [0.1, 0.15) is 5.75 Å². The monoisotopic (exact) mass is 464 g/mol. The third-order valence-corrected chi connectivity index (χ3v) is 6.88. The Morgan fingerprint density at radius 2 is 1.74 bits per heavy atom. The number of fused-ring (bicyclic) bond motifs is 1. The number of anilines is 1. The van der Waals surface area contributed by atoms with Crippen LogP contribution in [-0.4, -0.2) is 66.3 Å². The highest BCUT2D eigenvalue weighted by molar-refractivity contribution is 5.92. The lowest BCUT2D eigenvalue weighted by Crippen LogP contribution is -2.64. The standard InChI is InChI=1S/C26H32N4O4/c1-18(31)28-26-16-29(19(2)32)14-13-23(26)25(20-7-5-4-6-8-20)30(17-26)15-24(33)27-21-9-11-22(34-3)12-10-21/h4-12,23,25H,13-17H2,1-3H3,(H,27,33)(H,28,31)/t23-,25-,26-/m1/s1. The molecule has 180 valence electrons. The number of carbonyl (C=O) groups is 3. The molecular weight excluding hydrogens is 432 g/mol. The lowest BCUT2D eigenvalue weighted by Gasteiger charge is -2.45. The molecule has 0 radical (unpaired) electrons. The van der Waals surface area contributed by atoms with E-state index in [9.17, 15) is 14.4 Å².